The standard InChI is InChI=1S/C14H16N2O2S/c1-9(15-7-17)12-5-4-11(6-13(12)18-3)14-10(2)16-8-19-14/h4-9H,1-3H3,(H,15,17). The molecule has 2 rings (SSSR count). The molecule has 1 N–H and O–H groups in total. The quantitative estimate of drug-likeness (QED) is 0.854. The fourth-order valence-electron chi connectivity index (χ4n) is 1.98. The minimum atomic E-state index is -0.0796. The Bertz CT molecular complexity index is 581. The van der Waals surface area contributed by atoms with Crippen LogP contribution in [0.5, 0.6) is 5.75 Å². The van der Waals surface area contributed by atoms with Gasteiger partial charge in [-0.3, -0.25) is 4.79 Å². The van der Waals surface area contributed by atoms with Crippen LogP contribution < -0.4 is 10.1 Å². The number of ether oxygens (including phenoxy) is 1. The summed E-state index contributed by atoms with van der Waals surface area (Å²) in [5, 5.41) is 2.73. The van der Waals surface area contributed by atoms with Crippen molar-refractivity contribution in [1.29, 1.82) is 0 Å². The lowest BCUT2D eigenvalue weighted by Gasteiger charge is -2.15. The predicted molar refractivity (Wildman–Crippen MR) is 76.5 cm³/mol. The van der Waals surface area contributed by atoms with Gasteiger partial charge in [-0.05, 0) is 25.5 Å². The Labute approximate surface area is 116 Å². The monoisotopic (exact) mass is 276 g/mol. The maximum atomic E-state index is 10.5. The Morgan fingerprint density at radius 1 is 1.47 bits per heavy atom. The van der Waals surface area contributed by atoms with Gasteiger partial charge in [0.25, 0.3) is 0 Å². The molecule has 19 heavy (non-hydrogen) atoms. The summed E-state index contributed by atoms with van der Waals surface area (Å²) in [6.45, 7) is 3.91. The van der Waals surface area contributed by atoms with E-state index in [9.17, 15) is 4.79 Å². The van der Waals surface area contributed by atoms with Crippen LogP contribution in [0.2, 0.25) is 0 Å². The molecule has 1 aromatic carbocycles. The van der Waals surface area contributed by atoms with Crippen LogP contribution >= 0.6 is 11.3 Å². The van der Waals surface area contributed by atoms with E-state index in [2.05, 4.69) is 10.3 Å². The van der Waals surface area contributed by atoms with Gasteiger partial charge in [0.15, 0.2) is 0 Å². The molecule has 1 amide bonds. The topological polar surface area (TPSA) is 51.2 Å². The number of hydrogen-bond donors (Lipinski definition) is 1. The average molecular weight is 276 g/mol. The lowest BCUT2D eigenvalue weighted by atomic mass is 10.0. The van der Waals surface area contributed by atoms with Gasteiger partial charge in [-0.15, -0.1) is 11.3 Å². The number of carbonyl (C=O) groups is 1. The van der Waals surface area contributed by atoms with Gasteiger partial charge in [0.05, 0.1) is 29.2 Å². The molecule has 5 heteroatoms. The van der Waals surface area contributed by atoms with Crippen LogP contribution in [0, 0.1) is 6.92 Å². The number of nitrogens with one attached hydrogen (secondary N) is 1. The van der Waals surface area contributed by atoms with Crippen molar-refractivity contribution in [1.82, 2.24) is 10.3 Å². The van der Waals surface area contributed by atoms with E-state index in [4.69, 9.17) is 4.74 Å². The molecule has 0 spiro atoms. The Morgan fingerprint density at radius 3 is 2.84 bits per heavy atom. The van der Waals surface area contributed by atoms with E-state index in [1.165, 1.54) is 0 Å². The van der Waals surface area contributed by atoms with E-state index < -0.39 is 0 Å². The Balaban J connectivity index is 2.41. The number of hydrogen-bond acceptors (Lipinski definition) is 4. The summed E-state index contributed by atoms with van der Waals surface area (Å²) in [6, 6.07) is 5.92. The van der Waals surface area contributed by atoms with Gasteiger partial charge in [0.2, 0.25) is 6.41 Å². The van der Waals surface area contributed by atoms with Crippen molar-refractivity contribution >= 4 is 17.7 Å². The lowest BCUT2D eigenvalue weighted by Crippen LogP contribution is -2.16. The smallest absolute Gasteiger partial charge is 0.207 e. The van der Waals surface area contributed by atoms with Gasteiger partial charge >= 0.3 is 0 Å². The van der Waals surface area contributed by atoms with Gasteiger partial charge in [-0.1, -0.05) is 12.1 Å². The normalized spacial score (nSPS) is 11.9. The molecule has 2 aromatic rings. The molecule has 0 saturated heterocycles. The first kappa shape index (κ1) is 13.5. The lowest BCUT2D eigenvalue weighted by molar-refractivity contribution is -0.110. The molecular weight excluding hydrogens is 260 g/mol. The molecule has 1 unspecified atom stereocenters. The van der Waals surface area contributed by atoms with Gasteiger partial charge in [0.1, 0.15) is 5.75 Å². The molecule has 0 fully saturated rings. The summed E-state index contributed by atoms with van der Waals surface area (Å²) >= 11 is 1.61. The SMILES string of the molecule is COc1cc(-c2scnc2C)ccc1C(C)NC=O. The minimum Gasteiger partial charge on any atom is -0.496 e. The van der Waals surface area contributed by atoms with E-state index >= 15 is 0 Å². The highest BCUT2D eigenvalue weighted by atomic mass is 32.1. The summed E-state index contributed by atoms with van der Waals surface area (Å²) < 4.78 is 5.42. The van der Waals surface area contributed by atoms with E-state index in [0.29, 0.717) is 6.41 Å². The van der Waals surface area contributed by atoms with Gasteiger partial charge < -0.3 is 10.1 Å². The zero-order valence-corrected chi connectivity index (χ0v) is 12.0. The number of carbonyl (C=O) groups excluding carboxylic acids is 1. The van der Waals surface area contributed by atoms with E-state index in [0.717, 1.165) is 27.4 Å². The molecule has 0 saturated carbocycles. The fraction of sp³-hybridized carbons (Fsp3) is 0.286. The van der Waals surface area contributed by atoms with Crippen LogP contribution in [0.15, 0.2) is 23.7 Å². The van der Waals surface area contributed by atoms with E-state index in [1.54, 1.807) is 18.4 Å². The number of methoxy groups -OCH3 is 1. The third-order valence-corrected chi connectivity index (χ3v) is 4.00. The number of benzene rings is 1. The van der Waals surface area contributed by atoms with Crippen molar-refractivity contribution < 1.29 is 9.53 Å². The number of rotatable bonds is 5. The Kier molecular flexibility index (Phi) is 4.16. The second-order valence-electron chi connectivity index (χ2n) is 4.23. The first-order valence-corrected chi connectivity index (χ1v) is 6.83. The molecule has 0 radical (unpaired) electrons. The summed E-state index contributed by atoms with van der Waals surface area (Å²) in [4.78, 5) is 15.9. The second kappa shape index (κ2) is 5.84. The van der Waals surface area contributed by atoms with Gasteiger partial charge in [-0.25, -0.2) is 4.98 Å². The first-order chi connectivity index (χ1) is 9.17. The number of aryl methyl sites for hydroxylation is 1. The largest absolute Gasteiger partial charge is 0.496 e. The third kappa shape index (κ3) is 2.76. The summed E-state index contributed by atoms with van der Waals surface area (Å²) in [7, 11) is 1.63. The van der Waals surface area contributed by atoms with Crippen molar-refractivity contribution in [2.75, 3.05) is 7.11 Å². The average Bonchev–Trinajstić information content (AvgIpc) is 2.84. The van der Waals surface area contributed by atoms with Crippen molar-refractivity contribution in [3.05, 3.63) is 35.0 Å². The Morgan fingerprint density at radius 2 is 2.26 bits per heavy atom. The van der Waals surface area contributed by atoms with Crippen LogP contribution in [-0.2, 0) is 4.79 Å². The maximum Gasteiger partial charge on any atom is 0.207 e. The van der Waals surface area contributed by atoms with Crippen LogP contribution in [-0.4, -0.2) is 18.5 Å². The van der Waals surface area contributed by atoms with Crippen molar-refractivity contribution in [2.24, 2.45) is 0 Å². The van der Waals surface area contributed by atoms with Gasteiger partial charge in [-0.2, -0.15) is 0 Å². The zero-order valence-electron chi connectivity index (χ0n) is 11.1. The van der Waals surface area contributed by atoms with Crippen LogP contribution in [0.4, 0.5) is 0 Å². The molecule has 0 aliphatic heterocycles. The molecular formula is C14H16N2O2S. The summed E-state index contributed by atoms with van der Waals surface area (Å²) in [6.07, 6.45) is 0.700. The van der Waals surface area contributed by atoms with Crippen molar-refractivity contribution in [2.45, 2.75) is 19.9 Å². The number of nitrogens with zero attached hydrogens (tertiary/aromatic N) is 1. The number of thiazole rings is 1. The molecule has 4 nitrogen and oxygen atoms in total. The second-order valence-corrected chi connectivity index (χ2v) is 5.08. The third-order valence-electron chi connectivity index (χ3n) is 3.03. The van der Waals surface area contributed by atoms with Gasteiger partial charge in [0, 0.05) is 5.56 Å². The zero-order chi connectivity index (χ0) is 13.8. The van der Waals surface area contributed by atoms with Crippen molar-refractivity contribution in [3.8, 4) is 16.2 Å². The van der Waals surface area contributed by atoms with E-state index in [1.807, 2.05) is 37.6 Å². The van der Waals surface area contributed by atoms with Crippen molar-refractivity contribution in [3.63, 3.8) is 0 Å². The highest BCUT2D eigenvalue weighted by Gasteiger charge is 2.13. The molecule has 0 bridgehead atoms. The van der Waals surface area contributed by atoms with Crippen LogP contribution in [0.3, 0.4) is 0 Å². The number of amides is 1. The fourth-order valence-corrected chi connectivity index (χ4v) is 2.78. The van der Waals surface area contributed by atoms with Crippen LogP contribution in [0.25, 0.3) is 10.4 Å². The van der Waals surface area contributed by atoms with E-state index in [-0.39, 0.29) is 6.04 Å². The number of aromatic nitrogens is 1. The molecule has 0 aliphatic rings. The summed E-state index contributed by atoms with van der Waals surface area (Å²) in [5.74, 6) is 0.771. The van der Waals surface area contributed by atoms with Crippen LogP contribution in [0.1, 0.15) is 24.2 Å². The Hall–Kier alpha value is -1.88. The molecule has 100 valence electrons. The minimum absolute atomic E-state index is 0.0796. The molecule has 1 heterocycles. The summed E-state index contributed by atoms with van der Waals surface area (Å²) in [5.41, 5.74) is 4.89. The predicted octanol–water partition coefficient (Wildman–Crippen LogP) is 2.93. The maximum absolute atomic E-state index is 10.5. The first-order valence-electron chi connectivity index (χ1n) is 5.95. The molecule has 1 atom stereocenters. The highest BCUT2D eigenvalue weighted by Crippen LogP contribution is 2.33. The molecule has 1 aromatic heterocycles. The highest BCUT2D eigenvalue weighted by molar-refractivity contribution is 7.13. The molecule has 0 aliphatic carbocycles.